The van der Waals surface area contributed by atoms with Crippen LogP contribution >= 0.6 is 11.8 Å². The standard InChI is InChI=1S/C13H9N3O3S/c14-3-4-20-13-15-9(12(17)16-13)5-8-1-2-10-11(6-8)19-7-18-10/h1-2,5-6H,4,7H2,(H,15,16,17)/b9-5+. The van der Waals surface area contributed by atoms with E-state index in [1.807, 2.05) is 12.1 Å². The largest absolute Gasteiger partial charge is 0.454 e. The predicted molar refractivity (Wildman–Crippen MR) is 74.2 cm³/mol. The Bertz CT molecular complexity index is 676. The predicted octanol–water partition coefficient (Wildman–Crippen LogP) is 1.50. The molecule has 0 atom stereocenters. The molecule has 0 bridgehead atoms. The summed E-state index contributed by atoms with van der Waals surface area (Å²) in [5.74, 6) is 1.32. The molecule has 6 nitrogen and oxygen atoms in total. The third kappa shape index (κ3) is 2.46. The fraction of sp³-hybridized carbons (Fsp3) is 0.154. The molecule has 0 unspecified atom stereocenters. The van der Waals surface area contributed by atoms with Gasteiger partial charge in [0.05, 0.1) is 11.8 Å². The van der Waals surface area contributed by atoms with Crippen LogP contribution < -0.4 is 14.8 Å². The van der Waals surface area contributed by atoms with E-state index >= 15 is 0 Å². The summed E-state index contributed by atoms with van der Waals surface area (Å²) in [6.07, 6.45) is 1.66. The number of aliphatic imine (C=N–C) groups is 1. The van der Waals surface area contributed by atoms with E-state index in [0.29, 0.717) is 22.4 Å². The number of nitriles is 1. The van der Waals surface area contributed by atoms with Crippen molar-refractivity contribution in [2.45, 2.75) is 0 Å². The maximum absolute atomic E-state index is 11.7. The van der Waals surface area contributed by atoms with Crippen molar-refractivity contribution >= 4 is 28.9 Å². The minimum absolute atomic E-state index is 0.211. The molecule has 7 heteroatoms. The number of amidine groups is 1. The number of carbonyl (C=O) groups is 1. The fourth-order valence-corrected chi connectivity index (χ4v) is 2.31. The molecule has 1 N–H and O–H groups in total. The number of nitrogens with zero attached hydrogens (tertiary/aromatic N) is 2. The van der Waals surface area contributed by atoms with Crippen LogP contribution in [0.25, 0.3) is 6.08 Å². The number of ether oxygens (including phenoxy) is 2. The van der Waals surface area contributed by atoms with Crippen LogP contribution in [0.2, 0.25) is 0 Å². The molecule has 20 heavy (non-hydrogen) atoms. The Hall–Kier alpha value is -2.46. The topological polar surface area (TPSA) is 83.7 Å². The van der Waals surface area contributed by atoms with Gasteiger partial charge < -0.3 is 9.47 Å². The molecule has 1 aromatic carbocycles. The molecule has 1 aromatic rings. The van der Waals surface area contributed by atoms with E-state index in [-0.39, 0.29) is 18.5 Å². The quantitative estimate of drug-likeness (QED) is 0.833. The van der Waals surface area contributed by atoms with E-state index in [1.54, 1.807) is 18.2 Å². The molecular formula is C13H9N3O3S. The third-order valence-corrected chi connectivity index (χ3v) is 3.39. The van der Waals surface area contributed by atoms with E-state index in [9.17, 15) is 4.79 Å². The Kier molecular flexibility index (Phi) is 3.31. The molecule has 2 aliphatic heterocycles. The van der Waals surface area contributed by atoms with Gasteiger partial charge in [-0.2, -0.15) is 5.26 Å². The first kappa shape index (κ1) is 12.6. The smallest absolute Gasteiger partial charge is 0.275 e. The van der Waals surface area contributed by atoms with E-state index < -0.39 is 0 Å². The number of thioether (sulfide) groups is 1. The second kappa shape index (κ2) is 5.27. The average molecular weight is 287 g/mol. The number of benzene rings is 1. The van der Waals surface area contributed by atoms with Crippen molar-refractivity contribution in [2.75, 3.05) is 12.5 Å². The van der Waals surface area contributed by atoms with Crippen molar-refractivity contribution in [3.8, 4) is 17.6 Å². The van der Waals surface area contributed by atoms with Crippen molar-refractivity contribution in [1.82, 2.24) is 5.32 Å². The fourth-order valence-electron chi connectivity index (χ4n) is 1.78. The number of hydrogen-bond donors (Lipinski definition) is 1. The van der Waals surface area contributed by atoms with Gasteiger partial charge in [0.1, 0.15) is 5.70 Å². The zero-order valence-corrected chi connectivity index (χ0v) is 11.1. The minimum Gasteiger partial charge on any atom is -0.454 e. The van der Waals surface area contributed by atoms with Gasteiger partial charge in [0.2, 0.25) is 6.79 Å². The first-order valence-electron chi connectivity index (χ1n) is 5.77. The van der Waals surface area contributed by atoms with Gasteiger partial charge in [-0.1, -0.05) is 17.8 Å². The third-order valence-electron chi connectivity index (χ3n) is 2.65. The van der Waals surface area contributed by atoms with E-state index in [2.05, 4.69) is 10.3 Å². The molecule has 0 saturated carbocycles. The van der Waals surface area contributed by atoms with Gasteiger partial charge in [0, 0.05) is 0 Å². The molecule has 2 heterocycles. The van der Waals surface area contributed by atoms with E-state index in [1.165, 1.54) is 11.8 Å². The lowest BCUT2D eigenvalue weighted by atomic mass is 10.1. The van der Waals surface area contributed by atoms with Gasteiger partial charge >= 0.3 is 0 Å². The highest BCUT2D eigenvalue weighted by molar-refractivity contribution is 8.14. The number of amides is 1. The van der Waals surface area contributed by atoms with Crippen molar-refractivity contribution in [3.63, 3.8) is 0 Å². The van der Waals surface area contributed by atoms with Gasteiger partial charge in [-0.05, 0) is 23.8 Å². The summed E-state index contributed by atoms with van der Waals surface area (Å²) in [6.45, 7) is 0.211. The Morgan fingerprint density at radius 1 is 1.45 bits per heavy atom. The van der Waals surface area contributed by atoms with Crippen LogP contribution in [0.15, 0.2) is 28.9 Å². The van der Waals surface area contributed by atoms with Crippen molar-refractivity contribution in [3.05, 3.63) is 29.5 Å². The monoisotopic (exact) mass is 287 g/mol. The molecule has 100 valence electrons. The molecule has 0 aromatic heterocycles. The summed E-state index contributed by atoms with van der Waals surface area (Å²) >= 11 is 1.19. The second-order valence-corrected chi connectivity index (χ2v) is 4.92. The van der Waals surface area contributed by atoms with Crippen LogP contribution in [0.1, 0.15) is 5.56 Å². The number of rotatable bonds is 2. The van der Waals surface area contributed by atoms with Gasteiger partial charge in [0.15, 0.2) is 16.7 Å². The Morgan fingerprint density at radius 3 is 3.15 bits per heavy atom. The average Bonchev–Trinajstić information content (AvgIpc) is 3.03. The molecule has 2 aliphatic rings. The van der Waals surface area contributed by atoms with Crippen LogP contribution in [0.4, 0.5) is 0 Å². The second-order valence-electron chi connectivity index (χ2n) is 3.96. The van der Waals surface area contributed by atoms with Crippen LogP contribution in [0.3, 0.4) is 0 Å². The van der Waals surface area contributed by atoms with Gasteiger partial charge in [-0.25, -0.2) is 4.99 Å². The van der Waals surface area contributed by atoms with Crippen LogP contribution in [-0.4, -0.2) is 23.6 Å². The number of fused-ring (bicyclic) bond motifs is 1. The molecule has 0 radical (unpaired) electrons. The molecule has 0 saturated heterocycles. The zero-order valence-electron chi connectivity index (χ0n) is 10.3. The lowest BCUT2D eigenvalue weighted by Gasteiger charge is -1.98. The summed E-state index contributed by atoms with van der Waals surface area (Å²) in [5.41, 5.74) is 1.11. The highest BCUT2D eigenvalue weighted by atomic mass is 32.2. The van der Waals surface area contributed by atoms with Crippen LogP contribution in [-0.2, 0) is 4.79 Å². The molecular weight excluding hydrogens is 278 g/mol. The lowest BCUT2D eigenvalue weighted by molar-refractivity contribution is -0.115. The highest BCUT2D eigenvalue weighted by Crippen LogP contribution is 2.33. The summed E-state index contributed by atoms with van der Waals surface area (Å²) in [4.78, 5) is 15.9. The van der Waals surface area contributed by atoms with Gasteiger partial charge in [-0.15, -0.1) is 0 Å². The first-order chi connectivity index (χ1) is 9.76. The maximum atomic E-state index is 11.7. The number of nitrogens with one attached hydrogen (secondary N) is 1. The highest BCUT2D eigenvalue weighted by Gasteiger charge is 2.20. The lowest BCUT2D eigenvalue weighted by Crippen LogP contribution is -2.21. The minimum atomic E-state index is -0.275. The molecule has 0 fully saturated rings. The maximum Gasteiger partial charge on any atom is 0.275 e. The van der Waals surface area contributed by atoms with Crippen molar-refractivity contribution in [2.24, 2.45) is 4.99 Å². The molecule has 0 aliphatic carbocycles. The Morgan fingerprint density at radius 2 is 2.30 bits per heavy atom. The SMILES string of the molecule is N#CCSC1=N/C(=C/c2ccc3c(c2)OCO3)C(=O)N1. The van der Waals surface area contributed by atoms with Crippen LogP contribution in [0.5, 0.6) is 11.5 Å². The van der Waals surface area contributed by atoms with Gasteiger partial charge in [-0.3, -0.25) is 10.1 Å². The van der Waals surface area contributed by atoms with Gasteiger partial charge in [0.25, 0.3) is 5.91 Å². The number of hydrogen-bond acceptors (Lipinski definition) is 6. The number of carbonyl (C=O) groups excluding carboxylic acids is 1. The summed E-state index contributed by atoms with van der Waals surface area (Å²) in [5, 5.41) is 11.6. The zero-order chi connectivity index (χ0) is 13.9. The Balaban J connectivity index is 1.83. The first-order valence-corrected chi connectivity index (χ1v) is 6.76. The van der Waals surface area contributed by atoms with Crippen molar-refractivity contribution < 1.29 is 14.3 Å². The summed E-state index contributed by atoms with van der Waals surface area (Å²) < 4.78 is 10.5. The molecule has 3 rings (SSSR count). The molecule has 0 spiro atoms. The Labute approximate surface area is 119 Å². The summed E-state index contributed by atoms with van der Waals surface area (Å²) in [6, 6.07) is 7.38. The molecule has 1 amide bonds. The van der Waals surface area contributed by atoms with Crippen molar-refractivity contribution in [1.29, 1.82) is 5.26 Å². The van der Waals surface area contributed by atoms with E-state index in [4.69, 9.17) is 14.7 Å². The van der Waals surface area contributed by atoms with Crippen LogP contribution in [0, 0.1) is 11.3 Å². The normalized spacial score (nSPS) is 17.9. The van der Waals surface area contributed by atoms with E-state index in [0.717, 1.165) is 5.56 Å². The summed E-state index contributed by atoms with van der Waals surface area (Å²) in [7, 11) is 0.